The minimum absolute atomic E-state index is 0.0880. The zero-order valence-corrected chi connectivity index (χ0v) is 8.96. The van der Waals surface area contributed by atoms with Gasteiger partial charge in [0.25, 0.3) is 0 Å². The summed E-state index contributed by atoms with van der Waals surface area (Å²) in [5, 5.41) is 0.949. The molecular weight excluding hydrogens is 230 g/mol. The molecule has 0 aliphatic carbocycles. The molecule has 1 heterocycles. The molecule has 0 radical (unpaired) electrons. The van der Waals surface area contributed by atoms with Gasteiger partial charge in [-0.3, -0.25) is 0 Å². The SMILES string of the molecule is Clc1ccc2c(c1Cl)C(Cl)CCO2. The Morgan fingerprint density at radius 1 is 1.31 bits per heavy atom. The molecule has 1 unspecified atom stereocenters. The minimum atomic E-state index is -0.0880. The molecule has 0 amide bonds. The van der Waals surface area contributed by atoms with Crippen molar-refractivity contribution in [3.63, 3.8) is 0 Å². The molecule has 0 N–H and O–H groups in total. The van der Waals surface area contributed by atoms with Crippen LogP contribution in [-0.2, 0) is 0 Å². The summed E-state index contributed by atoms with van der Waals surface area (Å²) < 4.78 is 5.40. The number of ether oxygens (including phenoxy) is 1. The lowest BCUT2D eigenvalue weighted by Gasteiger charge is -2.22. The van der Waals surface area contributed by atoms with Crippen molar-refractivity contribution in [1.82, 2.24) is 0 Å². The minimum Gasteiger partial charge on any atom is -0.493 e. The summed E-state index contributed by atoms with van der Waals surface area (Å²) >= 11 is 18.0. The van der Waals surface area contributed by atoms with Crippen LogP contribution in [0.5, 0.6) is 5.75 Å². The van der Waals surface area contributed by atoms with Gasteiger partial charge in [-0.05, 0) is 12.1 Å². The Morgan fingerprint density at radius 2 is 2.08 bits per heavy atom. The first-order chi connectivity index (χ1) is 6.20. The Labute approximate surface area is 91.5 Å². The van der Waals surface area contributed by atoms with Crippen LogP contribution in [0.15, 0.2) is 12.1 Å². The summed E-state index contributed by atoms with van der Waals surface area (Å²) in [6.07, 6.45) is 0.772. The number of benzene rings is 1. The smallest absolute Gasteiger partial charge is 0.125 e. The fourth-order valence-electron chi connectivity index (χ4n) is 1.38. The quantitative estimate of drug-likeness (QED) is 0.619. The summed E-state index contributed by atoms with van der Waals surface area (Å²) in [7, 11) is 0. The molecule has 1 nitrogen and oxygen atoms in total. The predicted molar refractivity (Wildman–Crippen MR) is 55.2 cm³/mol. The highest BCUT2D eigenvalue weighted by Gasteiger charge is 2.23. The van der Waals surface area contributed by atoms with Crippen LogP contribution in [0.25, 0.3) is 0 Å². The third-order valence-electron chi connectivity index (χ3n) is 2.03. The van der Waals surface area contributed by atoms with Gasteiger partial charge in [0.15, 0.2) is 0 Å². The normalized spacial score (nSPS) is 20.7. The Balaban J connectivity index is 2.58. The summed E-state index contributed by atoms with van der Waals surface area (Å²) in [4.78, 5) is 0. The van der Waals surface area contributed by atoms with Gasteiger partial charge in [0, 0.05) is 12.0 Å². The van der Waals surface area contributed by atoms with Crippen LogP contribution in [0.1, 0.15) is 17.4 Å². The summed E-state index contributed by atoms with van der Waals surface area (Å²) in [6, 6.07) is 3.52. The monoisotopic (exact) mass is 236 g/mol. The van der Waals surface area contributed by atoms with Crippen molar-refractivity contribution in [2.45, 2.75) is 11.8 Å². The Bertz CT molecular complexity index is 338. The molecule has 0 saturated carbocycles. The topological polar surface area (TPSA) is 9.23 Å². The van der Waals surface area contributed by atoms with Gasteiger partial charge < -0.3 is 4.74 Å². The maximum Gasteiger partial charge on any atom is 0.125 e. The first-order valence-electron chi connectivity index (χ1n) is 3.95. The third kappa shape index (κ3) is 1.61. The zero-order chi connectivity index (χ0) is 9.42. The molecule has 0 saturated heterocycles. The van der Waals surface area contributed by atoms with E-state index in [0.717, 1.165) is 17.7 Å². The number of fused-ring (bicyclic) bond motifs is 1. The van der Waals surface area contributed by atoms with Crippen LogP contribution >= 0.6 is 34.8 Å². The van der Waals surface area contributed by atoms with Gasteiger partial charge in [0.05, 0.1) is 22.0 Å². The Hall–Kier alpha value is -0.110. The van der Waals surface area contributed by atoms with E-state index in [4.69, 9.17) is 39.5 Å². The van der Waals surface area contributed by atoms with Crippen LogP contribution in [-0.4, -0.2) is 6.61 Å². The molecule has 70 valence electrons. The second-order valence-electron chi connectivity index (χ2n) is 2.88. The maximum absolute atomic E-state index is 6.10. The first-order valence-corrected chi connectivity index (χ1v) is 5.14. The van der Waals surface area contributed by atoms with Crippen molar-refractivity contribution in [3.8, 4) is 5.75 Å². The van der Waals surface area contributed by atoms with E-state index in [9.17, 15) is 0 Å². The number of hydrogen-bond donors (Lipinski definition) is 0. The summed E-state index contributed by atoms with van der Waals surface area (Å²) in [6.45, 7) is 0.638. The first kappa shape index (κ1) is 9.45. The molecule has 4 heteroatoms. The van der Waals surface area contributed by atoms with Crippen LogP contribution in [0.4, 0.5) is 0 Å². The lowest BCUT2D eigenvalue weighted by atomic mass is 10.1. The molecule has 0 fully saturated rings. The van der Waals surface area contributed by atoms with Crippen molar-refractivity contribution >= 4 is 34.8 Å². The highest BCUT2D eigenvalue weighted by molar-refractivity contribution is 6.43. The molecule has 1 aliphatic rings. The lowest BCUT2D eigenvalue weighted by Crippen LogP contribution is -2.11. The standard InChI is InChI=1S/C9H7Cl3O/c10-5-3-4-13-7-2-1-6(11)9(12)8(5)7/h1-2,5H,3-4H2. The van der Waals surface area contributed by atoms with Crippen molar-refractivity contribution in [3.05, 3.63) is 27.7 Å². The highest BCUT2D eigenvalue weighted by atomic mass is 35.5. The highest BCUT2D eigenvalue weighted by Crippen LogP contribution is 2.43. The van der Waals surface area contributed by atoms with Gasteiger partial charge in [-0.15, -0.1) is 11.6 Å². The summed E-state index contributed by atoms with van der Waals surface area (Å²) in [5.74, 6) is 0.751. The van der Waals surface area contributed by atoms with Crippen LogP contribution in [0.3, 0.4) is 0 Å². The van der Waals surface area contributed by atoms with Crippen molar-refractivity contribution in [2.24, 2.45) is 0 Å². The van der Waals surface area contributed by atoms with E-state index in [1.807, 2.05) is 0 Å². The average molecular weight is 238 g/mol. The van der Waals surface area contributed by atoms with E-state index in [1.165, 1.54) is 0 Å². The van der Waals surface area contributed by atoms with Crippen molar-refractivity contribution in [1.29, 1.82) is 0 Å². The van der Waals surface area contributed by atoms with Crippen molar-refractivity contribution < 1.29 is 4.74 Å². The maximum atomic E-state index is 6.10. The number of alkyl halides is 1. The van der Waals surface area contributed by atoms with Crippen LogP contribution in [0, 0.1) is 0 Å². The third-order valence-corrected chi connectivity index (χ3v) is 3.29. The van der Waals surface area contributed by atoms with E-state index >= 15 is 0 Å². The Kier molecular flexibility index (Phi) is 2.59. The van der Waals surface area contributed by atoms with Gasteiger partial charge in [-0.25, -0.2) is 0 Å². The molecule has 0 aromatic heterocycles. The zero-order valence-electron chi connectivity index (χ0n) is 6.69. The predicted octanol–water partition coefficient (Wildman–Crippen LogP) is 4.06. The molecule has 0 bridgehead atoms. The lowest BCUT2D eigenvalue weighted by molar-refractivity contribution is 0.285. The van der Waals surface area contributed by atoms with Gasteiger partial charge in [-0.2, -0.15) is 0 Å². The second-order valence-corrected chi connectivity index (χ2v) is 4.19. The Morgan fingerprint density at radius 3 is 2.85 bits per heavy atom. The molecular formula is C9H7Cl3O. The molecule has 2 rings (SSSR count). The van der Waals surface area contributed by atoms with Crippen LogP contribution < -0.4 is 4.74 Å². The van der Waals surface area contributed by atoms with E-state index in [-0.39, 0.29) is 5.38 Å². The van der Waals surface area contributed by atoms with Crippen LogP contribution in [0.2, 0.25) is 10.0 Å². The second kappa shape index (κ2) is 3.56. The largest absolute Gasteiger partial charge is 0.493 e. The summed E-state index contributed by atoms with van der Waals surface area (Å²) in [5.41, 5.74) is 0.821. The average Bonchev–Trinajstić information content (AvgIpc) is 2.12. The molecule has 1 aliphatic heterocycles. The van der Waals surface area contributed by atoms with E-state index in [0.29, 0.717) is 16.7 Å². The number of rotatable bonds is 0. The van der Waals surface area contributed by atoms with E-state index in [1.54, 1.807) is 12.1 Å². The van der Waals surface area contributed by atoms with Crippen molar-refractivity contribution in [2.75, 3.05) is 6.61 Å². The molecule has 1 aromatic carbocycles. The fraction of sp³-hybridized carbons (Fsp3) is 0.333. The van der Waals surface area contributed by atoms with E-state index < -0.39 is 0 Å². The fourth-order valence-corrected chi connectivity index (χ4v) is 2.20. The molecule has 1 aromatic rings. The number of halogens is 3. The van der Waals surface area contributed by atoms with Gasteiger partial charge in [-0.1, -0.05) is 23.2 Å². The molecule has 13 heavy (non-hydrogen) atoms. The van der Waals surface area contributed by atoms with Gasteiger partial charge >= 0.3 is 0 Å². The molecule has 1 atom stereocenters. The van der Waals surface area contributed by atoms with Gasteiger partial charge in [0.1, 0.15) is 5.75 Å². The van der Waals surface area contributed by atoms with E-state index in [2.05, 4.69) is 0 Å². The number of hydrogen-bond acceptors (Lipinski definition) is 1. The molecule has 0 spiro atoms. The van der Waals surface area contributed by atoms with Gasteiger partial charge in [0.2, 0.25) is 0 Å².